The number of rotatable bonds is 5. The molecule has 2 rings (SSSR count). The Morgan fingerprint density at radius 1 is 1.38 bits per heavy atom. The monoisotopic (exact) mass is 314 g/mol. The summed E-state index contributed by atoms with van der Waals surface area (Å²) < 4.78 is 40.9. The molecule has 0 saturated carbocycles. The summed E-state index contributed by atoms with van der Waals surface area (Å²) in [7, 11) is -3.69. The molecule has 21 heavy (non-hydrogen) atoms. The van der Waals surface area contributed by atoms with Gasteiger partial charge in [0.2, 0.25) is 10.0 Å². The molecule has 2 N–H and O–H groups in total. The molecule has 1 fully saturated rings. The van der Waals surface area contributed by atoms with Crippen LogP contribution in [-0.2, 0) is 16.6 Å². The lowest BCUT2D eigenvalue weighted by Crippen LogP contribution is -2.43. The van der Waals surface area contributed by atoms with Crippen molar-refractivity contribution in [3.63, 3.8) is 0 Å². The number of halogens is 1. The van der Waals surface area contributed by atoms with Crippen LogP contribution in [0.3, 0.4) is 0 Å². The molecule has 1 aromatic carbocycles. The molecular weight excluding hydrogens is 291 g/mol. The zero-order chi connectivity index (χ0) is 15.5. The molecule has 0 aromatic heterocycles. The highest BCUT2D eigenvalue weighted by Gasteiger charge is 2.34. The third kappa shape index (κ3) is 3.44. The number of piperidine rings is 1. The Bertz CT molecular complexity index is 587. The molecule has 1 aliphatic heterocycles. The Hall–Kier alpha value is -0.980. The molecule has 6 heteroatoms. The third-order valence-electron chi connectivity index (χ3n) is 4.03. The van der Waals surface area contributed by atoms with Gasteiger partial charge in [0.25, 0.3) is 0 Å². The van der Waals surface area contributed by atoms with E-state index in [1.165, 1.54) is 12.1 Å². The number of benzene rings is 1. The topological polar surface area (TPSA) is 63.4 Å². The highest BCUT2D eigenvalue weighted by atomic mass is 32.2. The van der Waals surface area contributed by atoms with Crippen molar-refractivity contribution in [2.45, 2.75) is 56.5 Å². The Kier molecular flexibility index (Phi) is 5.35. The van der Waals surface area contributed by atoms with Gasteiger partial charge in [0, 0.05) is 19.1 Å². The predicted octanol–water partition coefficient (Wildman–Crippen LogP) is 2.63. The first-order valence-electron chi connectivity index (χ1n) is 7.51. The van der Waals surface area contributed by atoms with Gasteiger partial charge < -0.3 is 5.73 Å². The van der Waals surface area contributed by atoms with Crippen LogP contribution >= 0.6 is 0 Å². The van der Waals surface area contributed by atoms with Crippen LogP contribution in [0.25, 0.3) is 0 Å². The molecule has 1 unspecified atom stereocenters. The Balaban J connectivity index is 2.42. The minimum Gasteiger partial charge on any atom is -0.326 e. The van der Waals surface area contributed by atoms with E-state index in [2.05, 4.69) is 0 Å². The van der Waals surface area contributed by atoms with E-state index in [4.69, 9.17) is 5.73 Å². The van der Waals surface area contributed by atoms with Gasteiger partial charge in [-0.05, 0) is 37.0 Å². The average Bonchev–Trinajstić information content (AvgIpc) is 2.48. The third-order valence-corrected chi connectivity index (χ3v) is 6.06. The maximum Gasteiger partial charge on any atom is 0.243 e. The van der Waals surface area contributed by atoms with Gasteiger partial charge in [-0.1, -0.05) is 25.8 Å². The van der Waals surface area contributed by atoms with Crippen molar-refractivity contribution >= 4 is 10.0 Å². The molecule has 1 aromatic rings. The van der Waals surface area contributed by atoms with Crippen molar-refractivity contribution in [3.8, 4) is 0 Å². The van der Waals surface area contributed by atoms with E-state index >= 15 is 0 Å². The standard InChI is InChI=1S/C15H23FN2O2S/c1-2-5-14-6-3-4-9-18(14)21(19,20)15-10-13(16)8-7-12(15)11-17/h7-8,10,14H,2-6,9,11,17H2,1H3. The second kappa shape index (κ2) is 6.85. The summed E-state index contributed by atoms with van der Waals surface area (Å²) in [5.41, 5.74) is 6.08. The highest BCUT2D eigenvalue weighted by molar-refractivity contribution is 7.89. The van der Waals surface area contributed by atoms with E-state index in [1.54, 1.807) is 4.31 Å². The summed E-state index contributed by atoms with van der Waals surface area (Å²) in [6, 6.07) is 3.82. The molecule has 4 nitrogen and oxygen atoms in total. The number of nitrogens with two attached hydrogens (primary N) is 1. The van der Waals surface area contributed by atoms with Crippen LogP contribution in [0.1, 0.15) is 44.6 Å². The number of hydrogen-bond acceptors (Lipinski definition) is 3. The van der Waals surface area contributed by atoms with E-state index < -0.39 is 15.8 Å². The average molecular weight is 314 g/mol. The van der Waals surface area contributed by atoms with Crippen molar-refractivity contribution in [2.24, 2.45) is 5.73 Å². The van der Waals surface area contributed by atoms with E-state index in [-0.39, 0.29) is 17.5 Å². The van der Waals surface area contributed by atoms with Crippen LogP contribution in [0, 0.1) is 5.82 Å². The Morgan fingerprint density at radius 2 is 2.14 bits per heavy atom. The summed E-state index contributed by atoms with van der Waals surface area (Å²) in [4.78, 5) is 0.0213. The smallest absolute Gasteiger partial charge is 0.243 e. The molecular formula is C15H23FN2O2S. The molecule has 1 heterocycles. The number of hydrogen-bond donors (Lipinski definition) is 1. The summed E-state index contributed by atoms with van der Waals surface area (Å²) in [6.07, 6.45) is 4.55. The highest BCUT2D eigenvalue weighted by Crippen LogP contribution is 2.29. The maximum absolute atomic E-state index is 13.5. The maximum atomic E-state index is 13.5. The first-order valence-corrected chi connectivity index (χ1v) is 8.95. The van der Waals surface area contributed by atoms with E-state index in [1.807, 2.05) is 6.92 Å². The largest absolute Gasteiger partial charge is 0.326 e. The minimum atomic E-state index is -3.69. The summed E-state index contributed by atoms with van der Waals surface area (Å²) >= 11 is 0. The van der Waals surface area contributed by atoms with Gasteiger partial charge in [0.1, 0.15) is 5.82 Å². The van der Waals surface area contributed by atoms with Crippen LogP contribution in [0.15, 0.2) is 23.1 Å². The first-order chi connectivity index (χ1) is 10.0. The van der Waals surface area contributed by atoms with Crippen LogP contribution < -0.4 is 5.73 Å². The van der Waals surface area contributed by atoms with Crippen molar-refractivity contribution in [3.05, 3.63) is 29.6 Å². The summed E-state index contributed by atoms with van der Waals surface area (Å²) in [5.74, 6) is -0.546. The predicted molar refractivity (Wildman–Crippen MR) is 80.7 cm³/mol. The second-order valence-electron chi connectivity index (χ2n) is 5.51. The minimum absolute atomic E-state index is 0.0163. The molecule has 0 aliphatic carbocycles. The first kappa shape index (κ1) is 16.4. The molecule has 0 amide bonds. The van der Waals surface area contributed by atoms with Crippen LogP contribution in [0.5, 0.6) is 0 Å². The SMILES string of the molecule is CCCC1CCCCN1S(=O)(=O)c1cc(F)ccc1CN. The van der Waals surface area contributed by atoms with Crippen molar-refractivity contribution < 1.29 is 12.8 Å². The van der Waals surface area contributed by atoms with E-state index in [0.29, 0.717) is 12.1 Å². The summed E-state index contributed by atoms with van der Waals surface area (Å²) in [6.45, 7) is 2.64. The van der Waals surface area contributed by atoms with Crippen LogP contribution in [0.4, 0.5) is 4.39 Å². The van der Waals surface area contributed by atoms with E-state index in [9.17, 15) is 12.8 Å². The molecule has 0 bridgehead atoms. The number of nitrogens with zero attached hydrogens (tertiary/aromatic N) is 1. The van der Waals surface area contributed by atoms with Crippen molar-refractivity contribution in [2.75, 3.05) is 6.54 Å². The van der Waals surface area contributed by atoms with Gasteiger partial charge in [0.05, 0.1) is 4.90 Å². The fraction of sp³-hybridized carbons (Fsp3) is 0.600. The molecule has 0 spiro atoms. The van der Waals surface area contributed by atoms with Gasteiger partial charge in [0.15, 0.2) is 0 Å². The fourth-order valence-electron chi connectivity index (χ4n) is 2.98. The van der Waals surface area contributed by atoms with Gasteiger partial charge >= 0.3 is 0 Å². The zero-order valence-electron chi connectivity index (χ0n) is 12.4. The van der Waals surface area contributed by atoms with Gasteiger partial charge in [-0.25, -0.2) is 12.8 Å². The van der Waals surface area contributed by atoms with Gasteiger partial charge in [-0.15, -0.1) is 0 Å². The normalized spacial score (nSPS) is 20.6. The fourth-order valence-corrected chi connectivity index (χ4v) is 4.95. The van der Waals surface area contributed by atoms with Crippen molar-refractivity contribution in [1.82, 2.24) is 4.31 Å². The molecule has 1 saturated heterocycles. The van der Waals surface area contributed by atoms with Crippen molar-refractivity contribution in [1.29, 1.82) is 0 Å². The van der Waals surface area contributed by atoms with Gasteiger partial charge in [-0.3, -0.25) is 0 Å². The lowest BCUT2D eigenvalue weighted by Gasteiger charge is -2.35. The quantitative estimate of drug-likeness (QED) is 0.908. The molecule has 118 valence electrons. The summed E-state index contributed by atoms with van der Waals surface area (Å²) in [5, 5.41) is 0. The van der Waals surface area contributed by atoms with Crippen LogP contribution in [0.2, 0.25) is 0 Å². The lowest BCUT2D eigenvalue weighted by atomic mass is 10.0. The zero-order valence-corrected chi connectivity index (χ0v) is 13.2. The molecule has 1 aliphatic rings. The second-order valence-corrected chi connectivity index (χ2v) is 7.37. The van der Waals surface area contributed by atoms with E-state index in [0.717, 1.165) is 38.2 Å². The Labute approximate surface area is 126 Å². The Morgan fingerprint density at radius 3 is 2.81 bits per heavy atom. The number of sulfonamides is 1. The molecule has 1 atom stereocenters. The van der Waals surface area contributed by atoms with Gasteiger partial charge in [-0.2, -0.15) is 4.31 Å². The molecule has 0 radical (unpaired) electrons. The van der Waals surface area contributed by atoms with Crippen LogP contribution in [-0.4, -0.2) is 25.3 Å². The lowest BCUT2D eigenvalue weighted by molar-refractivity contribution is 0.239.